The Hall–Kier alpha value is -4.32. The number of anilines is 4. The van der Waals surface area contributed by atoms with E-state index < -0.39 is 0 Å². The van der Waals surface area contributed by atoms with Crippen molar-refractivity contribution in [3.05, 3.63) is 84.9 Å². The highest BCUT2D eigenvalue weighted by Crippen LogP contribution is 2.33. The van der Waals surface area contributed by atoms with Gasteiger partial charge in [0.15, 0.2) is 0 Å². The Morgan fingerprint density at radius 2 is 1.03 bits per heavy atom. The Balaban J connectivity index is 0.000000186. The Bertz CT molecular complexity index is 1140. The maximum Gasteiger partial charge on any atom is 0.142 e. The second kappa shape index (κ2) is 10.1. The van der Waals surface area contributed by atoms with E-state index >= 15 is 0 Å². The van der Waals surface area contributed by atoms with Crippen molar-refractivity contribution >= 4 is 22.7 Å². The van der Waals surface area contributed by atoms with Gasteiger partial charge in [0.05, 0.1) is 37.0 Å². The monoisotopic (exact) mass is 428 g/mol. The van der Waals surface area contributed by atoms with Crippen LogP contribution in [0.4, 0.5) is 22.7 Å². The molecule has 6 heteroatoms. The van der Waals surface area contributed by atoms with Crippen LogP contribution in [0, 0.1) is 0 Å². The molecule has 0 unspecified atom stereocenters. The number of rotatable bonds is 4. The van der Waals surface area contributed by atoms with Crippen molar-refractivity contribution in [1.82, 2.24) is 0 Å². The Labute approximate surface area is 188 Å². The summed E-state index contributed by atoms with van der Waals surface area (Å²) in [4.78, 5) is 0. The van der Waals surface area contributed by atoms with E-state index in [4.69, 9.17) is 32.4 Å². The number of para-hydroxylation sites is 1. The maximum atomic E-state index is 5.89. The Morgan fingerprint density at radius 1 is 0.500 bits per heavy atom. The van der Waals surface area contributed by atoms with Crippen LogP contribution in [0.5, 0.6) is 11.5 Å². The molecule has 0 saturated carbocycles. The summed E-state index contributed by atoms with van der Waals surface area (Å²) in [5.74, 6) is 1.31. The van der Waals surface area contributed by atoms with E-state index in [0.29, 0.717) is 34.2 Å². The van der Waals surface area contributed by atoms with Gasteiger partial charge in [0, 0.05) is 5.56 Å². The third kappa shape index (κ3) is 5.05. The van der Waals surface area contributed by atoms with Gasteiger partial charge in [0.1, 0.15) is 11.5 Å². The van der Waals surface area contributed by atoms with Crippen LogP contribution < -0.4 is 32.4 Å². The summed E-state index contributed by atoms with van der Waals surface area (Å²) >= 11 is 0. The van der Waals surface area contributed by atoms with Gasteiger partial charge in [-0.2, -0.15) is 0 Å². The number of nitrogen functional groups attached to an aromatic ring is 4. The normalized spacial score (nSPS) is 10.1. The van der Waals surface area contributed by atoms with Gasteiger partial charge in [-0.05, 0) is 47.0 Å². The van der Waals surface area contributed by atoms with Crippen LogP contribution in [0.1, 0.15) is 0 Å². The number of hydrogen-bond acceptors (Lipinski definition) is 6. The van der Waals surface area contributed by atoms with Gasteiger partial charge in [0.2, 0.25) is 0 Å². The minimum absolute atomic E-state index is 0.615. The molecule has 0 amide bonds. The van der Waals surface area contributed by atoms with Crippen LogP contribution >= 0.6 is 0 Å². The summed E-state index contributed by atoms with van der Waals surface area (Å²) in [7, 11) is 3.19. The molecule has 4 aromatic rings. The van der Waals surface area contributed by atoms with E-state index in [1.165, 1.54) is 0 Å². The lowest BCUT2D eigenvalue weighted by Gasteiger charge is -2.10. The van der Waals surface area contributed by atoms with Gasteiger partial charge >= 0.3 is 0 Å². The van der Waals surface area contributed by atoms with Crippen LogP contribution in [0.25, 0.3) is 22.3 Å². The van der Waals surface area contributed by atoms with Gasteiger partial charge in [0.25, 0.3) is 0 Å². The lowest BCUT2D eigenvalue weighted by atomic mass is 10.0. The van der Waals surface area contributed by atoms with E-state index in [1.54, 1.807) is 14.2 Å². The molecule has 8 N–H and O–H groups in total. The van der Waals surface area contributed by atoms with Crippen LogP contribution in [-0.4, -0.2) is 14.2 Å². The molecule has 0 spiro atoms. The molecule has 0 aliphatic carbocycles. The highest BCUT2D eigenvalue weighted by Gasteiger charge is 2.06. The standard InChI is InChI=1S/C14H16N2O2.C12H12N2/c1-17-13-7-9(3-5-11(13)15)10-4-6-12(16)14(8-10)18-2;13-11-8-4-7-10(12(11)14)9-5-2-1-3-6-9/h3-8H,15-16H2,1-2H3;1-8H,13-14H2. The Kier molecular flexibility index (Phi) is 7.08. The van der Waals surface area contributed by atoms with E-state index in [0.717, 1.165) is 22.3 Å². The Morgan fingerprint density at radius 3 is 1.53 bits per heavy atom. The van der Waals surface area contributed by atoms with Crippen molar-refractivity contribution in [1.29, 1.82) is 0 Å². The van der Waals surface area contributed by atoms with E-state index in [1.807, 2.05) is 84.9 Å². The molecule has 4 aromatic carbocycles. The summed E-state index contributed by atoms with van der Waals surface area (Å²) < 4.78 is 10.4. The lowest BCUT2D eigenvalue weighted by Crippen LogP contribution is -1.96. The third-order valence-corrected chi connectivity index (χ3v) is 5.02. The van der Waals surface area contributed by atoms with Crippen molar-refractivity contribution in [3.63, 3.8) is 0 Å². The quantitative estimate of drug-likeness (QED) is 0.337. The second-order valence-electron chi connectivity index (χ2n) is 7.09. The fourth-order valence-corrected chi connectivity index (χ4v) is 3.23. The second-order valence-corrected chi connectivity index (χ2v) is 7.09. The summed E-state index contributed by atoms with van der Waals surface area (Å²) in [5.41, 5.74) is 29.8. The third-order valence-electron chi connectivity index (χ3n) is 5.02. The minimum Gasteiger partial charge on any atom is -0.495 e. The summed E-state index contributed by atoms with van der Waals surface area (Å²) in [5, 5.41) is 0. The zero-order chi connectivity index (χ0) is 23.1. The number of methoxy groups -OCH3 is 2. The van der Waals surface area contributed by atoms with Gasteiger partial charge in [-0.1, -0.05) is 54.6 Å². The van der Waals surface area contributed by atoms with E-state index in [-0.39, 0.29) is 0 Å². The van der Waals surface area contributed by atoms with Crippen molar-refractivity contribution < 1.29 is 9.47 Å². The molecular formula is C26H28N4O2. The van der Waals surface area contributed by atoms with Gasteiger partial charge < -0.3 is 32.4 Å². The molecule has 0 aliphatic heterocycles. The first-order valence-corrected chi connectivity index (χ1v) is 10.0. The summed E-state index contributed by atoms with van der Waals surface area (Å²) in [6.45, 7) is 0. The highest BCUT2D eigenvalue weighted by molar-refractivity contribution is 5.84. The fourth-order valence-electron chi connectivity index (χ4n) is 3.23. The number of nitrogens with two attached hydrogens (primary N) is 4. The topological polar surface area (TPSA) is 123 Å². The number of ether oxygens (including phenoxy) is 2. The smallest absolute Gasteiger partial charge is 0.142 e. The SMILES string of the molecule is COc1cc(-c2ccc(N)c(OC)c2)ccc1N.Nc1cccc(-c2ccccc2)c1N. The molecule has 0 radical (unpaired) electrons. The van der Waals surface area contributed by atoms with Gasteiger partial charge in [-0.25, -0.2) is 0 Å². The number of hydrogen-bond donors (Lipinski definition) is 4. The van der Waals surface area contributed by atoms with E-state index in [9.17, 15) is 0 Å². The van der Waals surface area contributed by atoms with Crippen LogP contribution in [0.15, 0.2) is 84.9 Å². The lowest BCUT2D eigenvalue weighted by molar-refractivity contribution is 0.416. The van der Waals surface area contributed by atoms with Crippen LogP contribution in [-0.2, 0) is 0 Å². The molecule has 0 saturated heterocycles. The highest BCUT2D eigenvalue weighted by atomic mass is 16.5. The van der Waals surface area contributed by atoms with Gasteiger partial charge in [-0.15, -0.1) is 0 Å². The van der Waals surface area contributed by atoms with Gasteiger partial charge in [-0.3, -0.25) is 0 Å². The van der Waals surface area contributed by atoms with Crippen molar-refractivity contribution in [2.24, 2.45) is 0 Å². The predicted octanol–water partition coefficient (Wildman–Crippen LogP) is 5.05. The minimum atomic E-state index is 0.615. The molecule has 0 fully saturated rings. The number of benzene rings is 4. The largest absolute Gasteiger partial charge is 0.495 e. The zero-order valence-electron chi connectivity index (χ0n) is 18.2. The molecule has 6 nitrogen and oxygen atoms in total. The molecule has 0 aliphatic rings. The average Bonchev–Trinajstić information content (AvgIpc) is 2.82. The molecule has 0 aromatic heterocycles. The van der Waals surface area contributed by atoms with Crippen molar-refractivity contribution in [2.45, 2.75) is 0 Å². The first-order valence-electron chi connectivity index (χ1n) is 10.0. The summed E-state index contributed by atoms with van der Waals surface area (Å²) in [6, 6.07) is 27.0. The molecule has 164 valence electrons. The van der Waals surface area contributed by atoms with Crippen molar-refractivity contribution in [2.75, 3.05) is 37.2 Å². The average molecular weight is 429 g/mol. The molecule has 0 bridgehead atoms. The van der Waals surface area contributed by atoms with Crippen LogP contribution in [0.2, 0.25) is 0 Å². The fraction of sp³-hybridized carbons (Fsp3) is 0.0769. The maximum absolute atomic E-state index is 5.89. The molecule has 32 heavy (non-hydrogen) atoms. The van der Waals surface area contributed by atoms with E-state index in [2.05, 4.69) is 0 Å². The van der Waals surface area contributed by atoms with Crippen LogP contribution in [0.3, 0.4) is 0 Å². The molecular weight excluding hydrogens is 400 g/mol. The molecule has 4 rings (SSSR count). The first-order chi connectivity index (χ1) is 15.4. The zero-order valence-corrected chi connectivity index (χ0v) is 18.2. The predicted molar refractivity (Wildman–Crippen MR) is 135 cm³/mol. The summed E-state index contributed by atoms with van der Waals surface area (Å²) in [6.07, 6.45) is 0. The van der Waals surface area contributed by atoms with Crippen molar-refractivity contribution in [3.8, 4) is 33.8 Å². The molecule has 0 atom stereocenters. The molecule has 0 heterocycles. The first kappa shape index (κ1) is 22.4.